The van der Waals surface area contributed by atoms with Crippen LogP contribution in [0, 0.1) is 5.92 Å². The third-order valence-electron chi connectivity index (χ3n) is 5.37. The number of carboxylic acids is 1. The molecule has 1 aromatic heterocycles. The summed E-state index contributed by atoms with van der Waals surface area (Å²) in [7, 11) is -1.46. The maximum absolute atomic E-state index is 13.4. The van der Waals surface area contributed by atoms with Gasteiger partial charge in [-0.25, -0.2) is 9.78 Å². The smallest absolute Gasteiger partial charge is 0.506 e. The lowest BCUT2D eigenvalue weighted by molar-refractivity contribution is -0.172. The van der Waals surface area contributed by atoms with Crippen molar-refractivity contribution in [2.24, 2.45) is 5.92 Å². The molecule has 0 aliphatic carbocycles. The summed E-state index contributed by atoms with van der Waals surface area (Å²) in [6.07, 6.45) is 0.569. The van der Waals surface area contributed by atoms with Gasteiger partial charge < -0.3 is 30.2 Å². The molecule has 190 valence electrons. The van der Waals surface area contributed by atoms with Crippen molar-refractivity contribution < 1.29 is 38.7 Å². The average molecular weight is 498 g/mol. The molecule has 36 heavy (non-hydrogen) atoms. The van der Waals surface area contributed by atoms with Crippen LogP contribution in [-0.2, 0) is 30.1 Å². The molecule has 13 heteroatoms. The molecule has 0 bridgehead atoms. The second kappa shape index (κ2) is 12.2. The van der Waals surface area contributed by atoms with Crippen molar-refractivity contribution in [3.63, 3.8) is 0 Å². The number of aliphatic hydroxyl groups is 1. The van der Waals surface area contributed by atoms with Crippen molar-refractivity contribution >= 4 is 30.9 Å². The largest absolute Gasteiger partial charge is 0.552 e. The molecular formula is C23H27BN4O8. The van der Waals surface area contributed by atoms with E-state index >= 15 is 0 Å². The van der Waals surface area contributed by atoms with Gasteiger partial charge in [-0.05, 0) is 17.9 Å². The first kappa shape index (κ1) is 26.8. The zero-order chi connectivity index (χ0) is 26.2. The highest BCUT2D eigenvalue weighted by atomic mass is 16.7. The fraction of sp³-hybridized carbons (Fsp3) is 0.391. The summed E-state index contributed by atoms with van der Waals surface area (Å²) in [4.78, 5) is 57.5. The number of rotatable bonds is 10. The van der Waals surface area contributed by atoms with Crippen LogP contribution < -0.4 is 10.6 Å². The molecule has 0 saturated carbocycles. The second-order valence-electron chi connectivity index (χ2n) is 8.70. The van der Waals surface area contributed by atoms with Crippen LogP contribution in [0.15, 0.2) is 48.9 Å². The number of aliphatic carboxylic acids is 1. The number of nitrogens with one attached hydrogen (secondary N) is 2. The number of carboxylic acid groups (broad SMARTS) is 1. The number of benzene rings is 1. The van der Waals surface area contributed by atoms with E-state index in [1.165, 1.54) is 18.6 Å². The van der Waals surface area contributed by atoms with Crippen LogP contribution in [0.5, 0.6) is 0 Å². The third-order valence-corrected chi connectivity index (χ3v) is 5.37. The SMILES string of the molecule is CC(C)C[C@H](NC(=O)[C@H](Cc1ccccc1)NC(=O)c1cnccn1)B1OC(=O)[C@H](O)[C@H](C(=O)O)O1. The van der Waals surface area contributed by atoms with E-state index in [9.17, 15) is 29.4 Å². The summed E-state index contributed by atoms with van der Waals surface area (Å²) < 4.78 is 10.4. The molecular weight excluding hydrogens is 471 g/mol. The number of hydrogen-bond acceptors (Lipinski definition) is 9. The molecule has 3 rings (SSSR count). The number of nitrogens with zero attached hydrogens (tertiary/aromatic N) is 2. The molecule has 1 aromatic carbocycles. The molecule has 12 nitrogen and oxygen atoms in total. The Morgan fingerprint density at radius 1 is 1.14 bits per heavy atom. The van der Waals surface area contributed by atoms with Crippen LogP contribution in [0.4, 0.5) is 0 Å². The van der Waals surface area contributed by atoms with Crippen LogP contribution in [0.1, 0.15) is 36.3 Å². The van der Waals surface area contributed by atoms with Gasteiger partial charge in [-0.3, -0.25) is 19.4 Å². The highest BCUT2D eigenvalue weighted by molar-refractivity contribution is 6.50. The molecule has 1 aliphatic rings. The summed E-state index contributed by atoms with van der Waals surface area (Å²) in [5.74, 6) is -4.92. The average Bonchev–Trinajstić information content (AvgIpc) is 2.85. The van der Waals surface area contributed by atoms with Gasteiger partial charge in [0, 0.05) is 18.8 Å². The fourth-order valence-electron chi connectivity index (χ4n) is 3.66. The van der Waals surface area contributed by atoms with Crippen molar-refractivity contribution in [3.8, 4) is 0 Å². The van der Waals surface area contributed by atoms with Gasteiger partial charge in [-0.1, -0.05) is 44.2 Å². The molecule has 1 aliphatic heterocycles. The zero-order valence-electron chi connectivity index (χ0n) is 19.7. The van der Waals surface area contributed by atoms with Crippen LogP contribution >= 0.6 is 0 Å². The van der Waals surface area contributed by atoms with E-state index in [1.807, 2.05) is 19.9 Å². The molecule has 0 spiro atoms. The number of hydrogen-bond donors (Lipinski definition) is 4. The number of carbonyl (C=O) groups excluding carboxylic acids is 3. The Hall–Kier alpha value is -3.84. The van der Waals surface area contributed by atoms with E-state index in [4.69, 9.17) is 9.31 Å². The number of aromatic nitrogens is 2. The normalized spacial score (nSPS) is 19.2. The molecule has 1 saturated heterocycles. The lowest BCUT2D eigenvalue weighted by Crippen LogP contribution is -2.62. The van der Waals surface area contributed by atoms with Gasteiger partial charge in [0.2, 0.25) is 5.91 Å². The summed E-state index contributed by atoms with van der Waals surface area (Å²) in [6.45, 7) is 3.70. The van der Waals surface area contributed by atoms with E-state index < -0.39 is 55.1 Å². The number of aliphatic hydroxyl groups excluding tert-OH is 1. The number of amides is 2. The highest BCUT2D eigenvalue weighted by Crippen LogP contribution is 2.19. The second-order valence-corrected chi connectivity index (χ2v) is 8.70. The molecule has 2 aromatic rings. The summed E-state index contributed by atoms with van der Waals surface area (Å²) in [5, 5.41) is 24.5. The van der Waals surface area contributed by atoms with E-state index in [2.05, 4.69) is 20.6 Å². The number of carbonyl (C=O) groups is 4. The lowest BCUT2D eigenvalue weighted by atomic mass is 9.72. The van der Waals surface area contributed by atoms with Crippen LogP contribution in [0.3, 0.4) is 0 Å². The van der Waals surface area contributed by atoms with Gasteiger partial charge in [0.05, 0.1) is 12.1 Å². The minimum Gasteiger partial charge on any atom is -0.506 e. The van der Waals surface area contributed by atoms with Crippen LogP contribution in [0.25, 0.3) is 0 Å². The Kier molecular flexibility index (Phi) is 9.09. The van der Waals surface area contributed by atoms with Gasteiger partial charge in [-0.15, -0.1) is 0 Å². The predicted molar refractivity (Wildman–Crippen MR) is 125 cm³/mol. The Morgan fingerprint density at radius 2 is 1.86 bits per heavy atom. The first-order chi connectivity index (χ1) is 17.2. The van der Waals surface area contributed by atoms with Gasteiger partial charge in [0.15, 0.2) is 12.2 Å². The highest BCUT2D eigenvalue weighted by Gasteiger charge is 2.49. The minimum atomic E-state index is -1.99. The molecule has 2 amide bonds. The summed E-state index contributed by atoms with van der Waals surface area (Å²) in [6, 6.07) is 7.94. The third kappa shape index (κ3) is 7.09. The van der Waals surface area contributed by atoms with E-state index in [-0.39, 0.29) is 24.5 Å². The molecule has 0 unspecified atom stereocenters. The maximum atomic E-state index is 13.4. The topological polar surface area (TPSA) is 177 Å². The Labute approximate surface area is 207 Å². The monoisotopic (exact) mass is 498 g/mol. The summed E-state index contributed by atoms with van der Waals surface area (Å²) in [5.41, 5.74) is 0.789. The molecule has 4 N–H and O–H groups in total. The lowest BCUT2D eigenvalue weighted by Gasteiger charge is -2.33. The van der Waals surface area contributed by atoms with Gasteiger partial charge in [0.1, 0.15) is 11.7 Å². The maximum Gasteiger partial charge on any atom is 0.552 e. The van der Waals surface area contributed by atoms with Gasteiger partial charge in [-0.2, -0.15) is 0 Å². The van der Waals surface area contributed by atoms with Crippen molar-refractivity contribution in [1.29, 1.82) is 0 Å². The van der Waals surface area contributed by atoms with Gasteiger partial charge in [0.25, 0.3) is 5.91 Å². The Bertz CT molecular complexity index is 1070. The Balaban J connectivity index is 1.82. The molecule has 4 atom stereocenters. The standard InChI is InChI=1S/C23H27BN4O8/c1-13(2)10-17(24-35-19(22(32)33)18(29)23(34)36-24)28-20(30)15(11-14-6-4-3-5-7-14)27-21(31)16-12-25-8-9-26-16/h3-9,12-13,15,17-19,29H,10-11H2,1-2H3,(H,27,31)(H,28,30)(H,32,33)/t15-,17-,18+,19+/m0/s1. The first-order valence-corrected chi connectivity index (χ1v) is 11.3. The van der Waals surface area contributed by atoms with E-state index in [1.54, 1.807) is 24.3 Å². The van der Waals surface area contributed by atoms with E-state index in [0.717, 1.165) is 5.56 Å². The Morgan fingerprint density at radius 3 is 2.47 bits per heavy atom. The van der Waals surface area contributed by atoms with Crippen molar-refractivity contribution in [1.82, 2.24) is 20.6 Å². The van der Waals surface area contributed by atoms with Crippen molar-refractivity contribution in [2.75, 3.05) is 0 Å². The van der Waals surface area contributed by atoms with Crippen molar-refractivity contribution in [3.05, 3.63) is 60.2 Å². The quantitative estimate of drug-likeness (QED) is 0.320. The molecule has 1 fully saturated rings. The van der Waals surface area contributed by atoms with E-state index in [0.29, 0.717) is 0 Å². The summed E-state index contributed by atoms with van der Waals surface area (Å²) >= 11 is 0. The molecule has 0 radical (unpaired) electrons. The molecule has 2 heterocycles. The predicted octanol–water partition coefficient (Wildman–Crippen LogP) is -0.236. The van der Waals surface area contributed by atoms with Crippen LogP contribution in [-0.4, -0.2) is 75.2 Å². The first-order valence-electron chi connectivity index (χ1n) is 11.3. The fourth-order valence-corrected chi connectivity index (χ4v) is 3.66. The zero-order valence-corrected chi connectivity index (χ0v) is 19.7. The van der Waals surface area contributed by atoms with Crippen molar-refractivity contribution in [2.45, 2.75) is 50.9 Å². The minimum absolute atomic E-state index is 0.0184. The van der Waals surface area contributed by atoms with Gasteiger partial charge >= 0.3 is 19.1 Å². The van der Waals surface area contributed by atoms with Crippen LogP contribution in [0.2, 0.25) is 0 Å².